The fraction of sp³-hybridized carbons (Fsp3) is 0.467. The number of hydrogen-bond acceptors (Lipinski definition) is 3. The van der Waals surface area contributed by atoms with Crippen molar-refractivity contribution in [2.24, 2.45) is 0 Å². The van der Waals surface area contributed by atoms with E-state index < -0.39 is 6.10 Å². The molecule has 1 fully saturated rings. The Labute approximate surface area is 129 Å². The standard InChI is InChI=1S/C15H19ClN2O3/c1-11(21-13-6-4-12(16)5-7-13)15(20)18-9-3-8-17(2)14(19)10-18/h4-7,11H,3,8-10H2,1-2H3/t11-/m0/s1. The van der Waals surface area contributed by atoms with Gasteiger partial charge in [0.15, 0.2) is 6.10 Å². The third kappa shape index (κ3) is 4.11. The van der Waals surface area contributed by atoms with Crippen molar-refractivity contribution in [2.75, 3.05) is 26.7 Å². The van der Waals surface area contributed by atoms with E-state index in [4.69, 9.17) is 16.3 Å². The Morgan fingerprint density at radius 3 is 2.62 bits per heavy atom. The predicted molar refractivity (Wildman–Crippen MR) is 80.4 cm³/mol. The van der Waals surface area contributed by atoms with E-state index in [0.717, 1.165) is 6.42 Å². The second kappa shape index (κ2) is 6.80. The zero-order chi connectivity index (χ0) is 15.4. The average molecular weight is 311 g/mol. The summed E-state index contributed by atoms with van der Waals surface area (Å²) in [4.78, 5) is 27.4. The molecule has 0 N–H and O–H groups in total. The van der Waals surface area contributed by atoms with Crippen LogP contribution in [0.25, 0.3) is 0 Å². The Morgan fingerprint density at radius 2 is 1.95 bits per heavy atom. The molecule has 1 aromatic rings. The average Bonchev–Trinajstić information content (AvgIpc) is 2.63. The molecule has 2 amide bonds. The lowest BCUT2D eigenvalue weighted by Gasteiger charge is -2.24. The van der Waals surface area contributed by atoms with Gasteiger partial charge in [-0.1, -0.05) is 11.6 Å². The summed E-state index contributed by atoms with van der Waals surface area (Å²) in [6.45, 7) is 3.05. The SMILES string of the molecule is C[C@H](Oc1ccc(Cl)cc1)C(=O)N1CCCN(C)C(=O)C1. The van der Waals surface area contributed by atoms with Crippen LogP contribution in [-0.4, -0.2) is 54.4 Å². The van der Waals surface area contributed by atoms with Crippen LogP contribution in [0.5, 0.6) is 5.75 Å². The molecule has 0 aliphatic carbocycles. The molecule has 2 rings (SSSR count). The first-order valence-corrected chi connectivity index (χ1v) is 7.30. The van der Waals surface area contributed by atoms with Gasteiger partial charge in [-0.25, -0.2) is 0 Å². The van der Waals surface area contributed by atoms with Gasteiger partial charge in [-0.05, 0) is 37.6 Å². The number of carbonyl (C=O) groups is 2. The van der Waals surface area contributed by atoms with E-state index in [9.17, 15) is 9.59 Å². The monoisotopic (exact) mass is 310 g/mol. The molecule has 6 heteroatoms. The fourth-order valence-corrected chi connectivity index (χ4v) is 2.33. The first-order valence-electron chi connectivity index (χ1n) is 6.92. The maximum absolute atomic E-state index is 12.4. The van der Waals surface area contributed by atoms with Crippen molar-refractivity contribution in [3.05, 3.63) is 29.3 Å². The van der Waals surface area contributed by atoms with E-state index in [1.807, 2.05) is 0 Å². The first kappa shape index (κ1) is 15.6. The van der Waals surface area contributed by atoms with Crippen LogP contribution in [0.2, 0.25) is 5.02 Å². The van der Waals surface area contributed by atoms with Crippen molar-refractivity contribution >= 4 is 23.4 Å². The van der Waals surface area contributed by atoms with Gasteiger partial charge in [-0.3, -0.25) is 9.59 Å². The summed E-state index contributed by atoms with van der Waals surface area (Å²) in [5.74, 6) is 0.367. The number of carbonyl (C=O) groups excluding carboxylic acids is 2. The summed E-state index contributed by atoms with van der Waals surface area (Å²) in [7, 11) is 1.75. The molecule has 1 aromatic carbocycles. The van der Waals surface area contributed by atoms with Gasteiger partial charge in [0.05, 0.1) is 6.54 Å². The van der Waals surface area contributed by atoms with Crippen LogP contribution in [0, 0.1) is 0 Å². The topological polar surface area (TPSA) is 49.9 Å². The molecule has 5 nitrogen and oxygen atoms in total. The molecular formula is C15H19ClN2O3. The molecule has 1 saturated heterocycles. The Bertz CT molecular complexity index is 518. The highest BCUT2D eigenvalue weighted by atomic mass is 35.5. The third-order valence-electron chi connectivity index (χ3n) is 3.46. The smallest absolute Gasteiger partial charge is 0.263 e. The lowest BCUT2D eigenvalue weighted by atomic mass is 10.3. The Hall–Kier alpha value is -1.75. The Morgan fingerprint density at radius 1 is 1.29 bits per heavy atom. The maximum Gasteiger partial charge on any atom is 0.263 e. The van der Waals surface area contributed by atoms with E-state index in [2.05, 4.69) is 0 Å². The normalized spacial score (nSPS) is 17.4. The molecule has 1 aliphatic heterocycles. The molecule has 0 unspecified atom stereocenters. The van der Waals surface area contributed by atoms with E-state index in [-0.39, 0.29) is 18.4 Å². The number of nitrogens with zero attached hydrogens (tertiary/aromatic N) is 2. The van der Waals surface area contributed by atoms with Crippen LogP contribution in [0.15, 0.2) is 24.3 Å². The number of benzene rings is 1. The number of hydrogen-bond donors (Lipinski definition) is 0. The highest BCUT2D eigenvalue weighted by Crippen LogP contribution is 2.17. The minimum absolute atomic E-state index is 0.0421. The second-order valence-corrected chi connectivity index (χ2v) is 5.58. The molecule has 0 radical (unpaired) electrons. The highest BCUT2D eigenvalue weighted by Gasteiger charge is 2.27. The number of amides is 2. The lowest BCUT2D eigenvalue weighted by Crippen LogP contribution is -2.44. The summed E-state index contributed by atoms with van der Waals surface area (Å²) in [6, 6.07) is 6.85. The number of rotatable bonds is 3. The highest BCUT2D eigenvalue weighted by molar-refractivity contribution is 6.30. The molecular weight excluding hydrogens is 292 g/mol. The maximum atomic E-state index is 12.4. The fourth-order valence-electron chi connectivity index (χ4n) is 2.20. The summed E-state index contributed by atoms with van der Waals surface area (Å²) >= 11 is 5.81. The molecule has 21 heavy (non-hydrogen) atoms. The molecule has 1 heterocycles. The Kier molecular flexibility index (Phi) is 5.07. The summed E-state index contributed by atoms with van der Waals surface area (Å²) in [5.41, 5.74) is 0. The van der Waals surface area contributed by atoms with Crippen molar-refractivity contribution in [1.82, 2.24) is 9.80 Å². The van der Waals surface area contributed by atoms with Crippen LogP contribution in [0.1, 0.15) is 13.3 Å². The van der Waals surface area contributed by atoms with Crippen molar-refractivity contribution in [3.63, 3.8) is 0 Å². The quantitative estimate of drug-likeness (QED) is 0.855. The summed E-state index contributed by atoms with van der Waals surface area (Å²) in [6.07, 6.45) is 0.143. The van der Waals surface area contributed by atoms with E-state index in [1.54, 1.807) is 48.0 Å². The van der Waals surface area contributed by atoms with Gasteiger partial charge in [0.2, 0.25) is 5.91 Å². The van der Waals surface area contributed by atoms with Crippen LogP contribution >= 0.6 is 11.6 Å². The second-order valence-electron chi connectivity index (χ2n) is 5.14. The van der Waals surface area contributed by atoms with E-state index in [1.165, 1.54) is 0 Å². The number of ether oxygens (including phenoxy) is 1. The van der Waals surface area contributed by atoms with E-state index in [0.29, 0.717) is 23.9 Å². The van der Waals surface area contributed by atoms with E-state index >= 15 is 0 Å². The van der Waals surface area contributed by atoms with Gasteiger partial charge >= 0.3 is 0 Å². The molecule has 0 spiro atoms. The molecule has 1 aliphatic rings. The van der Waals surface area contributed by atoms with Gasteiger partial charge in [0, 0.05) is 25.2 Å². The summed E-state index contributed by atoms with van der Waals surface area (Å²) in [5, 5.41) is 0.613. The number of likely N-dealkylation sites (N-methyl/N-ethyl adjacent to an activating group) is 1. The molecule has 0 aromatic heterocycles. The van der Waals surface area contributed by atoms with Crippen molar-refractivity contribution in [1.29, 1.82) is 0 Å². The van der Waals surface area contributed by atoms with Crippen molar-refractivity contribution in [2.45, 2.75) is 19.4 Å². The Balaban J connectivity index is 1.98. The zero-order valence-electron chi connectivity index (χ0n) is 12.2. The zero-order valence-corrected chi connectivity index (χ0v) is 13.0. The molecule has 0 bridgehead atoms. The third-order valence-corrected chi connectivity index (χ3v) is 3.71. The first-order chi connectivity index (χ1) is 9.97. The summed E-state index contributed by atoms with van der Waals surface area (Å²) < 4.78 is 5.61. The van der Waals surface area contributed by atoms with Gasteiger partial charge < -0.3 is 14.5 Å². The van der Waals surface area contributed by atoms with Crippen LogP contribution in [-0.2, 0) is 9.59 Å². The van der Waals surface area contributed by atoms with Crippen molar-refractivity contribution < 1.29 is 14.3 Å². The largest absolute Gasteiger partial charge is 0.481 e. The number of halogens is 1. The molecule has 0 saturated carbocycles. The van der Waals surface area contributed by atoms with Gasteiger partial charge in [0.1, 0.15) is 5.75 Å². The van der Waals surface area contributed by atoms with Crippen LogP contribution in [0.4, 0.5) is 0 Å². The van der Waals surface area contributed by atoms with Gasteiger partial charge in [-0.2, -0.15) is 0 Å². The van der Waals surface area contributed by atoms with Crippen LogP contribution < -0.4 is 4.74 Å². The van der Waals surface area contributed by atoms with Crippen molar-refractivity contribution in [3.8, 4) is 5.75 Å². The molecule has 114 valence electrons. The minimum atomic E-state index is -0.637. The minimum Gasteiger partial charge on any atom is -0.481 e. The van der Waals surface area contributed by atoms with Gasteiger partial charge in [0.25, 0.3) is 5.91 Å². The van der Waals surface area contributed by atoms with Crippen LogP contribution in [0.3, 0.4) is 0 Å². The van der Waals surface area contributed by atoms with Gasteiger partial charge in [-0.15, -0.1) is 0 Å². The predicted octanol–water partition coefficient (Wildman–Crippen LogP) is 1.80. The lowest BCUT2D eigenvalue weighted by molar-refractivity contribution is -0.142. The molecule has 1 atom stereocenters.